The van der Waals surface area contributed by atoms with Crippen molar-refractivity contribution in [2.24, 2.45) is 0 Å². The lowest BCUT2D eigenvalue weighted by Crippen LogP contribution is -2.47. The average molecular weight is 1090 g/mol. The third-order valence-electron chi connectivity index (χ3n) is 8.71. The fourth-order valence-electron chi connectivity index (χ4n) is 5.91. The third-order valence-corrected chi connectivity index (χ3v) is 11.2. The summed E-state index contributed by atoms with van der Waals surface area (Å²) in [7, 11) is -6.17. The normalized spacial score (nSPS) is 13.2. The van der Waals surface area contributed by atoms with Gasteiger partial charge in [0.2, 0.25) is 15.9 Å². The topological polar surface area (TPSA) is 252 Å². The second-order valence-electron chi connectivity index (χ2n) is 13.8. The van der Waals surface area contributed by atoms with Crippen molar-refractivity contribution in [2.45, 2.75) is 58.0 Å². The molecule has 5 rings (SSSR count). The lowest BCUT2D eigenvalue weighted by molar-refractivity contribution is -0.135. The number of fused-ring (bicyclic) bond motifs is 1. The number of benzene rings is 3. The van der Waals surface area contributed by atoms with Gasteiger partial charge in [-0.3, -0.25) is 33.9 Å². The van der Waals surface area contributed by atoms with Crippen molar-refractivity contribution in [3.8, 4) is 11.4 Å². The van der Waals surface area contributed by atoms with Gasteiger partial charge in [-0.05, 0) is 62.1 Å². The first-order chi connectivity index (χ1) is 31.2. The summed E-state index contributed by atoms with van der Waals surface area (Å²) < 4.78 is 72.0. The van der Waals surface area contributed by atoms with Crippen LogP contribution in [0.25, 0.3) is 5.69 Å². The Labute approximate surface area is 410 Å². The van der Waals surface area contributed by atoms with E-state index in [1.807, 2.05) is 49.4 Å². The second-order valence-corrected chi connectivity index (χ2v) is 19.4. The van der Waals surface area contributed by atoms with Crippen LogP contribution >= 0.6 is 65.6 Å². The van der Waals surface area contributed by atoms with E-state index >= 15 is 0 Å². The molecule has 28 heteroatoms. The lowest BCUT2D eigenvalue weighted by atomic mass is 10.0. The maximum atomic E-state index is 12.8. The maximum absolute atomic E-state index is 12.8. The van der Waals surface area contributed by atoms with Crippen LogP contribution in [0.5, 0.6) is 5.75 Å². The molecule has 3 aromatic carbocycles. The van der Waals surface area contributed by atoms with Crippen LogP contribution in [-0.4, -0.2) is 112 Å². The van der Waals surface area contributed by atoms with Crippen molar-refractivity contribution in [1.29, 1.82) is 0 Å². The molecule has 372 valence electrons. The number of para-hydroxylation sites is 3. The molecule has 0 spiro atoms. The van der Waals surface area contributed by atoms with E-state index in [9.17, 15) is 40.9 Å². The van der Waals surface area contributed by atoms with Gasteiger partial charge in [-0.2, -0.15) is 13.5 Å². The second kappa shape index (κ2) is 27.2. The number of methoxy groups -OCH3 is 1. The van der Waals surface area contributed by atoms with Crippen molar-refractivity contribution < 1.29 is 60.5 Å². The summed E-state index contributed by atoms with van der Waals surface area (Å²) in [5, 5.41) is 13.7. The SMILES string of the molecule is CC1COc2ccccc2N1C(=O)C(Cl)Cl.CCc1cccc(CC)c1N(COC)C(=O)CCl.Cc1nn(-c2cc(NS(C)(=O)=O)c(Cl)cc2Cl)c(=O)n1C(F)F.O=C(O)CNCP(=O)(O)O. The Morgan fingerprint density at radius 2 is 1.63 bits per heavy atom. The molecule has 2 heterocycles. The molecule has 0 aliphatic carbocycles. The van der Waals surface area contributed by atoms with E-state index in [0.29, 0.717) is 17.0 Å². The van der Waals surface area contributed by atoms with Gasteiger partial charge in [-0.1, -0.05) is 90.6 Å². The molecule has 0 saturated heterocycles. The zero-order chi connectivity index (χ0) is 51.0. The predicted molar refractivity (Wildman–Crippen MR) is 255 cm³/mol. The molecule has 1 aliphatic heterocycles. The van der Waals surface area contributed by atoms with Crippen LogP contribution in [0, 0.1) is 6.92 Å². The quantitative estimate of drug-likeness (QED) is 0.0467. The summed E-state index contributed by atoms with van der Waals surface area (Å²) in [5.74, 6) is -1.17. The number of alkyl halides is 5. The molecular formula is C39H49Cl5F2N7O12PS. The van der Waals surface area contributed by atoms with Gasteiger partial charge in [0.25, 0.3) is 5.91 Å². The molecule has 1 atom stereocenters. The Morgan fingerprint density at radius 1 is 1.03 bits per heavy atom. The van der Waals surface area contributed by atoms with Crippen LogP contribution in [0.15, 0.2) is 59.4 Å². The van der Waals surface area contributed by atoms with Crippen LogP contribution < -0.4 is 30.3 Å². The van der Waals surface area contributed by atoms with Gasteiger partial charge in [0.1, 0.15) is 30.8 Å². The molecule has 1 aliphatic rings. The summed E-state index contributed by atoms with van der Waals surface area (Å²) in [6.45, 7) is 4.44. The number of ether oxygens (including phenoxy) is 2. The number of anilines is 3. The molecule has 67 heavy (non-hydrogen) atoms. The first-order valence-corrected chi connectivity index (χ1v) is 25.3. The monoisotopic (exact) mass is 1080 g/mol. The highest BCUT2D eigenvalue weighted by molar-refractivity contribution is 7.92. The highest BCUT2D eigenvalue weighted by atomic mass is 35.5. The van der Waals surface area contributed by atoms with Gasteiger partial charge in [0.05, 0.1) is 57.9 Å². The fraction of sp³-hybridized carbons (Fsp3) is 0.410. The summed E-state index contributed by atoms with van der Waals surface area (Å²) in [4.78, 5) is 64.2. The number of carboxylic acids is 1. The Bertz CT molecular complexity index is 2530. The zero-order valence-electron chi connectivity index (χ0n) is 36.6. The minimum Gasteiger partial charge on any atom is -0.489 e. The maximum Gasteiger partial charge on any atom is 0.355 e. The minimum atomic E-state index is -4.10. The molecule has 0 saturated carbocycles. The van der Waals surface area contributed by atoms with Crippen molar-refractivity contribution in [1.82, 2.24) is 19.7 Å². The van der Waals surface area contributed by atoms with E-state index in [-0.39, 0.29) is 62.3 Å². The van der Waals surface area contributed by atoms with E-state index in [1.54, 1.807) is 16.9 Å². The van der Waals surface area contributed by atoms with Gasteiger partial charge in [-0.25, -0.2) is 17.8 Å². The number of hydrogen-bond donors (Lipinski definition) is 5. The number of hydrogen-bond acceptors (Lipinski definition) is 11. The molecule has 1 aromatic heterocycles. The predicted octanol–water partition coefficient (Wildman–Crippen LogP) is 6.80. The summed E-state index contributed by atoms with van der Waals surface area (Å²) in [6.07, 6.45) is 2.05. The molecule has 19 nitrogen and oxygen atoms in total. The van der Waals surface area contributed by atoms with Crippen LogP contribution in [0.2, 0.25) is 10.0 Å². The highest BCUT2D eigenvalue weighted by Crippen LogP contribution is 2.35. The number of carbonyl (C=O) groups excluding carboxylic acids is 2. The van der Waals surface area contributed by atoms with Gasteiger partial charge < -0.3 is 29.3 Å². The number of aryl methyl sites for hydroxylation is 3. The average Bonchev–Trinajstić information content (AvgIpc) is 3.55. The largest absolute Gasteiger partial charge is 0.489 e. The Morgan fingerprint density at radius 3 is 2.10 bits per heavy atom. The molecule has 0 bridgehead atoms. The van der Waals surface area contributed by atoms with Gasteiger partial charge in [0, 0.05) is 7.11 Å². The molecule has 5 N–H and O–H groups in total. The minimum absolute atomic E-state index is 0.0257. The van der Waals surface area contributed by atoms with Gasteiger partial charge in [-0.15, -0.1) is 16.7 Å². The number of carboxylic acid groups (broad SMARTS) is 1. The molecule has 4 aromatic rings. The van der Waals surface area contributed by atoms with E-state index in [0.717, 1.165) is 47.7 Å². The number of sulfonamides is 1. The third kappa shape index (κ3) is 18.1. The number of nitrogens with one attached hydrogen (secondary N) is 2. The van der Waals surface area contributed by atoms with E-state index in [2.05, 4.69) is 29.0 Å². The number of aromatic nitrogens is 3. The summed E-state index contributed by atoms with van der Waals surface area (Å²) >= 11 is 28.8. The van der Waals surface area contributed by atoms with Crippen molar-refractivity contribution >= 4 is 110 Å². The van der Waals surface area contributed by atoms with Crippen LogP contribution in [0.1, 0.15) is 44.3 Å². The first kappa shape index (κ1) is 59.1. The smallest absolute Gasteiger partial charge is 0.355 e. The van der Waals surface area contributed by atoms with E-state index < -0.39 is 53.5 Å². The number of aliphatic carboxylic acids is 1. The van der Waals surface area contributed by atoms with Crippen molar-refractivity contribution in [3.05, 3.63) is 92.1 Å². The lowest BCUT2D eigenvalue weighted by Gasteiger charge is -2.35. The summed E-state index contributed by atoms with van der Waals surface area (Å²) in [6, 6.07) is 15.7. The first-order valence-electron chi connectivity index (χ1n) is 19.4. The van der Waals surface area contributed by atoms with E-state index in [4.69, 9.17) is 82.4 Å². The van der Waals surface area contributed by atoms with Crippen LogP contribution in [-0.2, 0) is 46.6 Å². The molecular weight excluding hydrogens is 1040 g/mol. The van der Waals surface area contributed by atoms with Crippen molar-refractivity contribution in [2.75, 3.05) is 59.9 Å². The Balaban J connectivity index is 0.000000318. The van der Waals surface area contributed by atoms with Gasteiger partial charge in [0.15, 0.2) is 4.84 Å². The number of nitrogens with zero attached hydrogens (tertiary/aromatic N) is 5. The molecule has 0 radical (unpaired) electrons. The molecule has 2 amide bonds. The Kier molecular flexibility index (Phi) is 24.0. The van der Waals surface area contributed by atoms with E-state index in [1.165, 1.54) is 13.0 Å². The Hall–Kier alpha value is -4.06. The van der Waals surface area contributed by atoms with Crippen LogP contribution in [0.4, 0.5) is 25.8 Å². The number of halogens is 7. The molecule has 1 unspecified atom stereocenters. The fourth-order valence-corrected chi connectivity index (χ4v) is 7.80. The standard InChI is InChI=1S/C14H20ClNO2.C11H10Cl2F2N4O3S.C11H11Cl2NO2.C3H8NO5P/c1-4-11-7-6-8-12(5-2)14(11)16(10-18-3)13(17)9-15;1-5-16-19(11(20)18(5)10(14)15)9-4-8(17-23(2,21)22)6(12)3-7(9)13;1-7-6-16-9-5-3-2-4-8(9)14(7)11(15)10(12)13;5-3(6)1-4-2-10(7,8)9/h6-8H,4-5,9-10H2,1-3H3;3-4,10,17H,1-2H3;2-5,7,10H,6H2,1H3;4H,1-2H2,(H,5,6)(H2,7,8,9). The number of rotatable bonds is 15. The molecule has 0 fully saturated rings. The highest BCUT2D eigenvalue weighted by Gasteiger charge is 2.32. The number of amides is 2. The van der Waals surface area contributed by atoms with Gasteiger partial charge >= 0.3 is 25.8 Å². The summed E-state index contributed by atoms with van der Waals surface area (Å²) in [5.41, 5.74) is 2.69. The zero-order valence-corrected chi connectivity index (χ0v) is 42.1. The van der Waals surface area contributed by atoms with Crippen molar-refractivity contribution in [3.63, 3.8) is 0 Å². The number of carbonyl (C=O) groups is 3. The van der Waals surface area contributed by atoms with Crippen LogP contribution in [0.3, 0.4) is 0 Å².